The zero-order chi connectivity index (χ0) is 18.6. The summed E-state index contributed by atoms with van der Waals surface area (Å²) in [5.74, 6) is 0.410. The normalized spacial score (nSPS) is 10.7. The lowest BCUT2D eigenvalue weighted by Crippen LogP contribution is -2.07. The molecule has 0 aliphatic rings. The maximum absolute atomic E-state index is 12.8. The van der Waals surface area contributed by atoms with Gasteiger partial charge in [0.05, 0.1) is 28.8 Å². The van der Waals surface area contributed by atoms with E-state index < -0.39 is 0 Å². The number of carbonyl (C=O) groups excluding carboxylic acids is 1. The highest BCUT2D eigenvalue weighted by Crippen LogP contribution is 2.28. The van der Waals surface area contributed by atoms with Gasteiger partial charge in [-0.2, -0.15) is 0 Å². The van der Waals surface area contributed by atoms with E-state index in [9.17, 15) is 4.79 Å². The van der Waals surface area contributed by atoms with Crippen LogP contribution in [0.4, 0.5) is 0 Å². The van der Waals surface area contributed by atoms with Gasteiger partial charge in [-0.25, -0.2) is 9.78 Å². The molecule has 4 rings (SSSR count). The van der Waals surface area contributed by atoms with Crippen molar-refractivity contribution in [2.75, 3.05) is 7.11 Å². The summed E-state index contributed by atoms with van der Waals surface area (Å²) in [7, 11) is 1.62. The van der Waals surface area contributed by atoms with Crippen LogP contribution >= 0.6 is 11.3 Å². The van der Waals surface area contributed by atoms with E-state index in [1.165, 1.54) is 0 Å². The van der Waals surface area contributed by atoms with Crippen molar-refractivity contribution >= 4 is 28.2 Å². The van der Waals surface area contributed by atoms with E-state index in [-0.39, 0.29) is 12.6 Å². The third kappa shape index (κ3) is 3.68. The second-order valence-electron chi connectivity index (χ2n) is 5.97. The molecule has 0 aliphatic heterocycles. The molecule has 0 N–H and O–H groups in total. The average Bonchev–Trinajstić information content (AvgIpc) is 3.26. The van der Waals surface area contributed by atoms with Crippen LogP contribution < -0.4 is 4.74 Å². The molecule has 0 atom stereocenters. The van der Waals surface area contributed by atoms with Crippen molar-refractivity contribution in [3.8, 4) is 16.3 Å². The number of hydrogen-bond acceptors (Lipinski definition) is 5. The van der Waals surface area contributed by atoms with E-state index in [0.29, 0.717) is 5.56 Å². The van der Waals surface area contributed by atoms with Crippen molar-refractivity contribution in [3.05, 3.63) is 83.2 Å². The van der Waals surface area contributed by atoms with Crippen molar-refractivity contribution in [1.82, 2.24) is 4.98 Å². The van der Waals surface area contributed by atoms with Gasteiger partial charge in [-0.05, 0) is 41.3 Å². The van der Waals surface area contributed by atoms with Gasteiger partial charge in [0.1, 0.15) is 12.4 Å². The first-order chi connectivity index (χ1) is 13.2. The Balaban J connectivity index is 1.63. The SMILES string of the molecule is COc1ccc(COC(=O)c2cc(-c3cccs3)nc3ccccc23)cc1. The Labute approximate surface area is 161 Å². The zero-order valence-corrected chi connectivity index (χ0v) is 15.5. The molecule has 0 amide bonds. The number of benzene rings is 2. The Bertz CT molecular complexity index is 1070. The van der Waals surface area contributed by atoms with Crippen LogP contribution in [-0.4, -0.2) is 18.1 Å². The Morgan fingerprint density at radius 3 is 2.59 bits per heavy atom. The Morgan fingerprint density at radius 1 is 1.04 bits per heavy atom. The van der Waals surface area contributed by atoms with Gasteiger partial charge in [0.2, 0.25) is 0 Å². The van der Waals surface area contributed by atoms with Crippen LogP contribution in [-0.2, 0) is 11.3 Å². The van der Waals surface area contributed by atoms with Crippen molar-refractivity contribution in [2.24, 2.45) is 0 Å². The van der Waals surface area contributed by atoms with Crippen LogP contribution in [0.1, 0.15) is 15.9 Å². The maximum Gasteiger partial charge on any atom is 0.339 e. The first-order valence-electron chi connectivity index (χ1n) is 8.48. The summed E-state index contributed by atoms with van der Waals surface area (Å²) in [6, 6.07) is 20.9. The molecule has 0 saturated heterocycles. The van der Waals surface area contributed by atoms with Gasteiger partial charge in [0.25, 0.3) is 0 Å². The Morgan fingerprint density at radius 2 is 1.85 bits per heavy atom. The third-order valence-electron chi connectivity index (χ3n) is 4.24. The summed E-state index contributed by atoms with van der Waals surface area (Å²) in [5, 5.41) is 2.78. The van der Waals surface area contributed by atoms with E-state index in [4.69, 9.17) is 9.47 Å². The highest BCUT2D eigenvalue weighted by Gasteiger charge is 2.15. The number of methoxy groups -OCH3 is 1. The van der Waals surface area contributed by atoms with Gasteiger partial charge >= 0.3 is 5.97 Å². The first kappa shape index (κ1) is 17.2. The van der Waals surface area contributed by atoms with Gasteiger partial charge in [-0.3, -0.25) is 0 Å². The van der Waals surface area contributed by atoms with E-state index in [0.717, 1.165) is 32.8 Å². The second-order valence-corrected chi connectivity index (χ2v) is 6.92. The fraction of sp³-hybridized carbons (Fsp3) is 0.0909. The van der Waals surface area contributed by atoms with Crippen molar-refractivity contribution in [3.63, 3.8) is 0 Å². The van der Waals surface area contributed by atoms with Crippen LogP contribution in [0.3, 0.4) is 0 Å². The predicted molar refractivity (Wildman–Crippen MR) is 107 cm³/mol. The molecule has 134 valence electrons. The number of carbonyl (C=O) groups is 1. The van der Waals surface area contributed by atoms with Gasteiger partial charge in [0.15, 0.2) is 0 Å². The highest BCUT2D eigenvalue weighted by molar-refractivity contribution is 7.13. The summed E-state index contributed by atoms with van der Waals surface area (Å²) >= 11 is 1.59. The number of para-hydroxylation sites is 1. The first-order valence-corrected chi connectivity index (χ1v) is 9.36. The van der Waals surface area contributed by atoms with E-state index in [1.807, 2.05) is 72.1 Å². The number of esters is 1. The lowest BCUT2D eigenvalue weighted by atomic mass is 10.1. The van der Waals surface area contributed by atoms with Gasteiger partial charge < -0.3 is 9.47 Å². The molecule has 2 aromatic carbocycles. The van der Waals surface area contributed by atoms with Gasteiger partial charge in [-0.15, -0.1) is 11.3 Å². The van der Waals surface area contributed by atoms with Crippen molar-refractivity contribution < 1.29 is 14.3 Å². The fourth-order valence-electron chi connectivity index (χ4n) is 2.84. The molecule has 4 aromatic rings. The number of hydrogen-bond donors (Lipinski definition) is 0. The number of pyridine rings is 1. The van der Waals surface area contributed by atoms with E-state index in [1.54, 1.807) is 18.4 Å². The molecule has 0 spiro atoms. The monoisotopic (exact) mass is 375 g/mol. The number of ether oxygens (including phenoxy) is 2. The molecular weight excluding hydrogens is 358 g/mol. The molecule has 0 saturated carbocycles. The summed E-state index contributed by atoms with van der Waals surface area (Å²) in [6.45, 7) is 0.202. The molecule has 5 heteroatoms. The standard InChI is InChI=1S/C22H17NO3S/c1-25-16-10-8-15(9-11-16)14-26-22(24)18-13-20(21-7-4-12-27-21)23-19-6-3-2-5-17(18)19/h2-13H,14H2,1H3. The van der Waals surface area contributed by atoms with E-state index in [2.05, 4.69) is 4.98 Å². The number of nitrogens with zero attached hydrogens (tertiary/aromatic N) is 1. The lowest BCUT2D eigenvalue weighted by Gasteiger charge is -2.10. The van der Waals surface area contributed by atoms with Crippen LogP contribution in [0.25, 0.3) is 21.5 Å². The highest BCUT2D eigenvalue weighted by atomic mass is 32.1. The largest absolute Gasteiger partial charge is 0.497 e. The Kier molecular flexibility index (Phi) is 4.85. The molecule has 2 aromatic heterocycles. The fourth-order valence-corrected chi connectivity index (χ4v) is 3.53. The molecule has 2 heterocycles. The minimum Gasteiger partial charge on any atom is -0.497 e. The van der Waals surface area contributed by atoms with E-state index >= 15 is 0 Å². The number of fused-ring (bicyclic) bond motifs is 1. The average molecular weight is 375 g/mol. The van der Waals surface area contributed by atoms with Crippen molar-refractivity contribution in [1.29, 1.82) is 0 Å². The summed E-state index contributed by atoms with van der Waals surface area (Å²) in [4.78, 5) is 18.5. The lowest BCUT2D eigenvalue weighted by molar-refractivity contribution is 0.0475. The quantitative estimate of drug-likeness (QED) is 0.443. The number of aromatic nitrogens is 1. The summed E-state index contributed by atoms with van der Waals surface area (Å²) in [6.07, 6.45) is 0. The van der Waals surface area contributed by atoms with Crippen LogP contribution in [0.15, 0.2) is 72.1 Å². The minimum absolute atomic E-state index is 0.202. The molecule has 0 aliphatic carbocycles. The second kappa shape index (κ2) is 7.60. The van der Waals surface area contributed by atoms with Crippen LogP contribution in [0, 0.1) is 0 Å². The molecule has 0 radical (unpaired) electrons. The zero-order valence-electron chi connectivity index (χ0n) is 14.7. The molecule has 0 unspecified atom stereocenters. The third-order valence-corrected chi connectivity index (χ3v) is 5.13. The Hall–Kier alpha value is -3.18. The number of thiophene rings is 1. The molecule has 27 heavy (non-hydrogen) atoms. The minimum atomic E-state index is -0.359. The number of rotatable bonds is 5. The van der Waals surface area contributed by atoms with Crippen molar-refractivity contribution in [2.45, 2.75) is 6.61 Å². The predicted octanol–water partition coefficient (Wildman–Crippen LogP) is 5.33. The van der Waals surface area contributed by atoms with Gasteiger partial charge in [0, 0.05) is 5.39 Å². The summed E-state index contributed by atoms with van der Waals surface area (Å²) < 4.78 is 10.7. The topological polar surface area (TPSA) is 48.4 Å². The molecule has 4 nitrogen and oxygen atoms in total. The summed E-state index contributed by atoms with van der Waals surface area (Å²) in [5.41, 5.74) is 2.98. The molecular formula is C22H17NO3S. The molecule has 0 fully saturated rings. The molecule has 0 bridgehead atoms. The van der Waals surface area contributed by atoms with Crippen LogP contribution in [0.2, 0.25) is 0 Å². The van der Waals surface area contributed by atoms with Crippen LogP contribution in [0.5, 0.6) is 5.75 Å². The maximum atomic E-state index is 12.8. The van der Waals surface area contributed by atoms with Gasteiger partial charge in [-0.1, -0.05) is 36.4 Å². The smallest absolute Gasteiger partial charge is 0.339 e.